The number of aromatic nitrogens is 1. The third-order valence-corrected chi connectivity index (χ3v) is 8.38. The largest absolute Gasteiger partial charge is 0.494 e. The van der Waals surface area contributed by atoms with Crippen LogP contribution in [0, 0.1) is 0 Å². The van der Waals surface area contributed by atoms with Crippen LogP contribution in [0.1, 0.15) is 48.2 Å². The standard InChI is InChI=1S/C30H32N4O6S/c1-5-30(6-2,29(31)37)34(41(4,38)39)22-15-13-21(14-16-22)32-26(19-10-8-7-9-11-19)25-23-17-12-20(28(36)40-3)18-24(23)33-27(25)35/h7-18,33,35H,5-6H2,1-4H3,(H2,31,37). The van der Waals surface area contributed by atoms with Crippen LogP contribution in [0.5, 0.6) is 5.88 Å². The molecule has 0 atom stereocenters. The number of aliphatic imine (C=N–C) groups is 1. The number of primary amides is 1. The molecule has 0 unspecified atom stereocenters. The number of carbonyl (C=O) groups excluding carboxylic acids is 2. The normalized spacial score (nSPS) is 12.3. The lowest BCUT2D eigenvalue weighted by Gasteiger charge is -2.40. The van der Waals surface area contributed by atoms with E-state index in [-0.39, 0.29) is 24.4 Å². The number of nitrogens with two attached hydrogens (primary N) is 1. The van der Waals surface area contributed by atoms with E-state index in [9.17, 15) is 23.1 Å². The highest BCUT2D eigenvalue weighted by Crippen LogP contribution is 2.35. The Balaban J connectivity index is 1.87. The Morgan fingerprint density at radius 3 is 2.17 bits per heavy atom. The van der Waals surface area contributed by atoms with Crippen LogP contribution >= 0.6 is 0 Å². The first-order chi connectivity index (χ1) is 19.5. The van der Waals surface area contributed by atoms with Gasteiger partial charge in [0.1, 0.15) is 5.54 Å². The van der Waals surface area contributed by atoms with Crippen LogP contribution in [0.4, 0.5) is 11.4 Å². The van der Waals surface area contributed by atoms with Gasteiger partial charge in [-0.15, -0.1) is 0 Å². The summed E-state index contributed by atoms with van der Waals surface area (Å²) in [7, 11) is -2.58. The highest BCUT2D eigenvalue weighted by atomic mass is 32.2. The molecule has 4 rings (SSSR count). The molecule has 41 heavy (non-hydrogen) atoms. The Morgan fingerprint density at radius 2 is 1.63 bits per heavy atom. The molecule has 0 aliphatic carbocycles. The molecule has 11 heteroatoms. The molecule has 1 amide bonds. The maximum absolute atomic E-state index is 12.9. The van der Waals surface area contributed by atoms with Crippen molar-refractivity contribution in [3.05, 3.63) is 89.5 Å². The van der Waals surface area contributed by atoms with Gasteiger partial charge in [-0.3, -0.25) is 9.10 Å². The van der Waals surface area contributed by atoms with Gasteiger partial charge in [0.25, 0.3) is 0 Å². The van der Waals surface area contributed by atoms with Crippen LogP contribution in [0.25, 0.3) is 10.9 Å². The summed E-state index contributed by atoms with van der Waals surface area (Å²) in [5, 5.41) is 11.6. The highest BCUT2D eigenvalue weighted by molar-refractivity contribution is 7.92. The van der Waals surface area contributed by atoms with Crippen LogP contribution in [0.3, 0.4) is 0 Å². The van der Waals surface area contributed by atoms with Gasteiger partial charge in [0.05, 0.1) is 41.6 Å². The van der Waals surface area contributed by atoms with Crippen molar-refractivity contribution in [2.45, 2.75) is 32.2 Å². The van der Waals surface area contributed by atoms with Crippen molar-refractivity contribution in [2.24, 2.45) is 10.7 Å². The van der Waals surface area contributed by atoms with E-state index in [0.29, 0.717) is 39.0 Å². The maximum Gasteiger partial charge on any atom is 0.337 e. The fourth-order valence-corrected chi connectivity index (χ4v) is 6.55. The second-order valence-corrected chi connectivity index (χ2v) is 11.4. The van der Waals surface area contributed by atoms with E-state index in [1.54, 1.807) is 56.3 Å². The lowest BCUT2D eigenvalue weighted by molar-refractivity contribution is -0.123. The van der Waals surface area contributed by atoms with Crippen molar-refractivity contribution in [1.29, 1.82) is 0 Å². The SMILES string of the molecule is CCC(CC)(C(N)=O)N(c1ccc(N=C(c2ccccc2)c2c(O)[nH]c3cc(C(=O)OC)ccc23)cc1)S(C)(=O)=O. The minimum atomic E-state index is -3.87. The lowest BCUT2D eigenvalue weighted by atomic mass is 9.91. The van der Waals surface area contributed by atoms with Crippen molar-refractivity contribution >= 4 is 49.9 Å². The Hall–Kier alpha value is -4.64. The average Bonchev–Trinajstić information content (AvgIpc) is 3.28. The van der Waals surface area contributed by atoms with Crippen LogP contribution in [-0.4, -0.2) is 55.0 Å². The Bertz CT molecular complexity index is 1720. The van der Waals surface area contributed by atoms with Crippen LogP contribution < -0.4 is 10.0 Å². The Kier molecular flexibility index (Phi) is 8.20. The van der Waals surface area contributed by atoms with Crippen molar-refractivity contribution in [3.63, 3.8) is 0 Å². The molecule has 1 heterocycles. The van der Waals surface area contributed by atoms with Gasteiger partial charge < -0.3 is 20.6 Å². The van der Waals surface area contributed by atoms with E-state index in [0.717, 1.165) is 10.6 Å². The molecule has 3 aromatic carbocycles. The number of esters is 1. The monoisotopic (exact) mass is 576 g/mol. The number of hydrogen-bond donors (Lipinski definition) is 3. The number of aromatic amines is 1. The molecule has 0 saturated carbocycles. The number of amides is 1. The fraction of sp³-hybridized carbons (Fsp3) is 0.233. The van der Waals surface area contributed by atoms with E-state index >= 15 is 0 Å². The summed E-state index contributed by atoms with van der Waals surface area (Å²) in [5.41, 5.74) is 7.47. The highest BCUT2D eigenvalue weighted by Gasteiger charge is 2.44. The van der Waals surface area contributed by atoms with Gasteiger partial charge in [-0.1, -0.05) is 50.2 Å². The van der Waals surface area contributed by atoms with Crippen molar-refractivity contribution in [3.8, 4) is 5.88 Å². The van der Waals surface area contributed by atoms with Gasteiger partial charge in [0.2, 0.25) is 15.9 Å². The summed E-state index contributed by atoms with van der Waals surface area (Å²) >= 11 is 0. The van der Waals surface area contributed by atoms with Gasteiger partial charge in [0, 0.05) is 16.5 Å². The molecule has 10 nitrogen and oxygen atoms in total. The smallest absolute Gasteiger partial charge is 0.337 e. The molecule has 0 spiro atoms. The molecule has 4 aromatic rings. The quantitative estimate of drug-likeness (QED) is 0.185. The summed E-state index contributed by atoms with van der Waals surface area (Å²) in [6, 6.07) is 20.6. The van der Waals surface area contributed by atoms with Gasteiger partial charge in [0.15, 0.2) is 5.88 Å². The van der Waals surface area contributed by atoms with E-state index in [1.807, 2.05) is 30.3 Å². The zero-order chi connectivity index (χ0) is 29.9. The van der Waals surface area contributed by atoms with Gasteiger partial charge in [-0.2, -0.15) is 0 Å². The van der Waals surface area contributed by atoms with E-state index < -0.39 is 27.4 Å². The fourth-order valence-electron chi connectivity index (χ4n) is 5.06. The number of benzene rings is 3. The molecule has 0 fully saturated rings. The molecule has 0 aliphatic rings. The van der Waals surface area contributed by atoms with Crippen LogP contribution in [0.15, 0.2) is 77.8 Å². The molecule has 4 N–H and O–H groups in total. The van der Waals surface area contributed by atoms with E-state index in [4.69, 9.17) is 15.5 Å². The number of nitrogens with one attached hydrogen (secondary N) is 1. The molecule has 0 radical (unpaired) electrons. The molecule has 0 saturated heterocycles. The number of methoxy groups -OCH3 is 1. The van der Waals surface area contributed by atoms with Gasteiger partial charge in [-0.05, 0) is 49.2 Å². The second-order valence-electron chi connectivity index (χ2n) is 9.57. The molecular formula is C30H32N4O6S. The number of sulfonamides is 1. The Morgan fingerprint density at radius 1 is 1.00 bits per heavy atom. The van der Waals surface area contributed by atoms with Crippen molar-refractivity contribution in [1.82, 2.24) is 4.98 Å². The summed E-state index contributed by atoms with van der Waals surface area (Å²) in [6.45, 7) is 3.44. The first-order valence-electron chi connectivity index (χ1n) is 12.9. The van der Waals surface area contributed by atoms with Crippen molar-refractivity contribution < 1.29 is 27.9 Å². The van der Waals surface area contributed by atoms with Crippen LogP contribution in [0.2, 0.25) is 0 Å². The average molecular weight is 577 g/mol. The number of carbonyl (C=O) groups is 2. The maximum atomic E-state index is 12.9. The topological polar surface area (TPSA) is 155 Å². The molecule has 1 aromatic heterocycles. The summed E-state index contributed by atoms with van der Waals surface area (Å²) < 4.78 is 31.7. The molecule has 214 valence electrons. The van der Waals surface area contributed by atoms with Gasteiger partial charge >= 0.3 is 5.97 Å². The summed E-state index contributed by atoms with van der Waals surface area (Å²) in [6.07, 6.45) is 1.43. The first-order valence-corrected chi connectivity index (χ1v) is 14.8. The number of hydrogen-bond acceptors (Lipinski definition) is 7. The number of ether oxygens (including phenoxy) is 1. The van der Waals surface area contributed by atoms with E-state index in [2.05, 4.69) is 4.98 Å². The minimum Gasteiger partial charge on any atom is -0.494 e. The van der Waals surface area contributed by atoms with Crippen LogP contribution in [-0.2, 0) is 19.6 Å². The minimum absolute atomic E-state index is 0.137. The Labute approximate surface area is 238 Å². The lowest BCUT2D eigenvalue weighted by Crippen LogP contribution is -2.59. The zero-order valence-electron chi connectivity index (χ0n) is 23.2. The molecule has 0 bridgehead atoms. The summed E-state index contributed by atoms with van der Waals surface area (Å²) in [5.74, 6) is -1.37. The number of rotatable bonds is 10. The number of aromatic hydroxyl groups is 1. The number of fused-ring (bicyclic) bond motifs is 1. The zero-order valence-corrected chi connectivity index (χ0v) is 24.0. The second kappa shape index (κ2) is 11.5. The number of nitrogens with zero attached hydrogens (tertiary/aromatic N) is 2. The molecular weight excluding hydrogens is 544 g/mol. The van der Waals surface area contributed by atoms with Gasteiger partial charge in [-0.25, -0.2) is 18.2 Å². The predicted molar refractivity (Wildman–Crippen MR) is 159 cm³/mol. The molecule has 0 aliphatic heterocycles. The predicted octanol–water partition coefficient (Wildman–Crippen LogP) is 4.64. The first kappa shape index (κ1) is 29.3. The third-order valence-electron chi connectivity index (χ3n) is 7.16. The summed E-state index contributed by atoms with van der Waals surface area (Å²) in [4.78, 5) is 32.3. The van der Waals surface area contributed by atoms with Crippen molar-refractivity contribution in [2.75, 3.05) is 17.7 Å². The number of H-pyrrole nitrogens is 1. The third kappa shape index (κ3) is 5.53. The number of anilines is 1. The van der Waals surface area contributed by atoms with E-state index in [1.165, 1.54) is 7.11 Å².